The number of thiophene rings is 1. The van der Waals surface area contributed by atoms with Crippen LogP contribution in [0.3, 0.4) is 0 Å². The van der Waals surface area contributed by atoms with Crippen molar-refractivity contribution in [2.24, 2.45) is 0 Å². The first-order chi connectivity index (χ1) is 8.63. The number of carbonyl (C=O) groups excluding carboxylic acids is 1. The van der Waals surface area contributed by atoms with Gasteiger partial charge >= 0.3 is 0 Å². The Morgan fingerprint density at radius 2 is 2.06 bits per heavy atom. The third-order valence-electron chi connectivity index (χ3n) is 4.10. The van der Waals surface area contributed by atoms with Gasteiger partial charge in [0.2, 0.25) is 0 Å². The smallest absolute Gasteiger partial charge is 0.263 e. The highest BCUT2D eigenvalue weighted by atomic mass is 35.5. The van der Waals surface area contributed by atoms with Gasteiger partial charge in [0.1, 0.15) is 0 Å². The van der Waals surface area contributed by atoms with E-state index in [0.717, 1.165) is 17.7 Å². The van der Waals surface area contributed by atoms with E-state index in [-0.39, 0.29) is 5.91 Å². The lowest BCUT2D eigenvalue weighted by Gasteiger charge is -2.35. The summed E-state index contributed by atoms with van der Waals surface area (Å²) in [5.41, 5.74) is 0. The number of fused-ring (bicyclic) bond motifs is 2. The summed E-state index contributed by atoms with van der Waals surface area (Å²) >= 11 is 7.25. The van der Waals surface area contributed by atoms with E-state index in [2.05, 4.69) is 5.32 Å². The number of amides is 1. The highest BCUT2D eigenvalue weighted by Gasteiger charge is 2.36. The number of halogens is 1. The molecule has 2 unspecified atom stereocenters. The van der Waals surface area contributed by atoms with Crippen LogP contribution in [0.4, 0.5) is 0 Å². The molecule has 0 aromatic carbocycles. The number of carbonyl (C=O) groups is 1. The highest BCUT2D eigenvalue weighted by molar-refractivity contribution is 7.17. The molecule has 1 aromatic heterocycles. The second kappa shape index (κ2) is 4.83. The van der Waals surface area contributed by atoms with E-state index in [1.54, 1.807) is 6.07 Å². The van der Waals surface area contributed by atoms with Gasteiger partial charge in [-0.2, -0.15) is 0 Å². The predicted octanol–water partition coefficient (Wildman–Crippen LogP) is 2.76. The Morgan fingerprint density at radius 1 is 1.39 bits per heavy atom. The Balaban J connectivity index is 1.70. The van der Waals surface area contributed by atoms with Gasteiger partial charge in [0.05, 0.1) is 9.21 Å². The van der Waals surface area contributed by atoms with Gasteiger partial charge in [0.25, 0.3) is 5.91 Å². The summed E-state index contributed by atoms with van der Waals surface area (Å²) in [7, 11) is 1.92. The molecule has 5 heteroatoms. The molecule has 1 N–H and O–H groups in total. The van der Waals surface area contributed by atoms with E-state index in [0.29, 0.717) is 22.5 Å². The van der Waals surface area contributed by atoms with Gasteiger partial charge < -0.3 is 10.2 Å². The van der Waals surface area contributed by atoms with E-state index >= 15 is 0 Å². The maximum Gasteiger partial charge on any atom is 0.263 e. The molecule has 0 spiro atoms. The molecule has 18 heavy (non-hydrogen) atoms. The van der Waals surface area contributed by atoms with Gasteiger partial charge in [-0.05, 0) is 37.8 Å². The van der Waals surface area contributed by atoms with E-state index in [1.165, 1.54) is 24.2 Å². The third-order valence-corrected chi connectivity index (χ3v) is 5.32. The molecule has 0 aliphatic carbocycles. The fraction of sp³-hybridized carbons (Fsp3) is 0.615. The van der Waals surface area contributed by atoms with Crippen molar-refractivity contribution in [3.8, 4) is 0 Å². The first-order valence-electron chi connectivity index (χ1n) is 6.42. The average molecular weight is 285 g/mol. The van der Waals surface area contributed by atoms with E-state index < -0.39 is 0 Å². The molecule has 2 aliphatic heterocycles. The minimum absolute atomic E-state index is 0.109. The van der Waals surface area contributed by atoms with Gasteiger partial charge in [-0.1, -0.05) is 11.6 Å². The molecule has 0 saturated carbocycles. The van der Waals surface area contributed by atoms with Gasteiger partial charge in [0.15, 0.2) is 0 Å². The van der Waals surface area contributed by atoms with Crippen molar-refractivity contribution in [3.63, 3.8) is 0 Å². The molecule has 2 atom stereocenters. The standard InChI is InChI=1S/C13H17ClN2OS/c1-16(13(17)11-4-5-12(14)18-11)10-6-8-2-3-9(7-10)15-8/h4-5,8-10,15H,2-3,6-7H2,1H3. The molecular formula is C13H17ClN2OS. The zero-order valence-electron chi connectivity index (χ0n) is 10.4. The number of hydrogen-bond donors (Lipinski definition) is 1. The lowest BCUT2D eigenvalue weighted by atomic mass is 9.98. The zero-order valence-corrected chi connectivity index (χ0v) is 11.9. The number of nitrogens with one attached hydrogen (secondary N) is 1. The van der Waals surface area contributed by atoms with Gasteiger partial charge in [-0.25, -0.2) is 0 Å². The number of rotatable bonds is 2. The van der Waals surface area contributed by atoms with Crippen LogP contribution in [-0.2, 0) is 0 Å². The third kappa shape index (κ3) is 2.29. The van der Waals surface area contributed by atoms with Crippen LogP contribution in [0.25, 0.3) is 0 Å². The quantitative estimate of drug-likeness (QED) is 0.906. The fourth-order valence-corrected chi connectivity index (χ4v) is 4.14. The van der Waals surface area contributed by atoms with Crippen LogP contribution in [0.5, 0.6) is 0 Å². The van der Waals surface area contributed by atoms with Crippen LogP contribution < -0.4 is 5.32 Å². The van der Waals surface area contributed by atoms with E-state index in [4.69, 9.17) is 11.6 Å². The average Bonchev–Trinajstić information content (AvgIpc) is 2.94. The Morgan fingerprint density at radius 3 is 2.61 bits per heavy atom. The molecule has 0 radical (unpaired) electrons. The molecular weight excluding hydrogens is 268 g/mol. The maximum absolute atomic E-state index is 12.3. The van der Waals surface area contributed by atoms with Gasteiger partial charge in [-0.15, -0.1) is 11.3 Å². The highest BCUT2D eigenvalue weighted by Crippen LogP contribution is 2.31. The second-order valence-electron chi connectivity index (χ2n) is 5.28. The molecule has 2 fully saturated rings. The van der Waals surface area contributed by atoms with Crippen molar-refractivity contribution < 1.29 is 4.79 Å². The predicted molar refractivity (Wildman–Crippen MR) is 74.4 cm³/mol. The van der Waals surface area contributed by atoms with Crippen LogP contribution in [0.1, 0.15) is 35.4 Å². The van der Waals surface area contributed by atoms with Crippen molar-refractivity contribution in [1.29, 1.82) is 0 Å². The van der Waals surface area contributed by atoms with Gasteiger partial charge in [0, 0.05) is 25.2 Å². The first kappa shape index (κ1) is 12.5. The second-order valence-corrected chi connectivity index (χ2v) is 7.00. The SMILES string of the molecule is CN(C(=O)c1ccc(Cl)s1)C1CC2CCC(C1)N2. The number of piperidine rings is 1. The van der Waals surface area contributed by atoms with Crippen LogP contribution in [0, 0.1) is 0 Å². The van der Waals surface area contributed by atoms with E-state index in [1.807, 2.05) is 18.0 Å². The van der Waals surface area contributed by atoms with Crippen molar-refractivity contribution in [2.45, 2.75) is 43.8 Å². The van der Waals surface area contributed by atoms with Crippen molar-refractivity contribution in [3.05, 3.63) is 21.3 Å². The summed E-state index contributed by atoms with van der Waals surface area (Å²) in [6.07, 6.45) is 4.68. The summed E-state index contributed by atoms with van der Waals surface area (Å²) in [5.74, 6) is 0.109. The molecule has 3 rings (SSSR count). The summed E-state index contributed by atoms with van der Waals surface area (Å²) < 4.78 is 0.678. The molecule has 1 amide bonds. The zero-order chi connectivity index (χ0) is 12.7. The lowest BCUT2D eigenvalue weighted by Crippen LogP contribution is -2.48. The molecule has 98 valence electrons. The summed E-state index contributed by atoms with van der Waals surface area (Å²) in [6.45, 7) is 0. The first-order valence-corrected chi connectivity index (χ1v) is 7.61. The van der Waals surface area contributed by atoms with Gasteiger partial charge in [-0.3, -0.25) is 4.79 Å². The topological polar surface area (TPSA) is 32.3 Å². The van der Waals surface area contributed by atoms with Crippen LogP contribution in [-0.4, -0.2) is 36.0 Å². The largest absolute Gasteiger partial charge is 0.338 e. The minimum Gasteiger partial charge on any atom is -0.338 e. The van der Waals surface area contributed by atoms with Crippen LogP contribution in [0.2, 0.25) is 4.34 Å². The van der Waals surface area contributed by atoms with Crippen molar-refractivity contribution >= 4 is 28.8 Å². The summed E-state index contributed by atoms with van der Waals surface area (Å²) in [4.78, 5) is 15.0. The Labute approximate surface area is 116 Å². The Hall–Kier alpha value is -0.580. The molecule has 2 saturated heterocycles. The molecule has 3 nitrogen and oxygen atoms in total. The molecule has 2 aliphatic rings. The summed E-state index contributed by atoms with van der Waals surface area (Å²) in [5, 5.41) is 3.60. The molecule has 2 bridgehead atoms. The molecule has 3 heterocycles. The number of hydrogen-bond acceptors (Lipinski definition) is 3. The Bertz CT molecular complexity index is 450. The monoisotopic (exact) mass is 284 g/mol. The van der Waals surface area contributed by atoms with E-state index in [9.17, 15) is 4.79 Å². The van der Waals surface area contributed by atoms with Crippen molar-refractivity contribution in [1.82, 2.24) is 10.2 Å². The normalized spacial score (nSPS) is 30.4. The maximum atomic E-state index is 12.3. The summed E-state index contributed by atoms with van der Waals surface area (Å²) in [6, 6.07) is 5.20. The minimum atomic E-state index is 0.109. The lowest BCUT2D eigenvalue weighted by molar-refractivity contribution is 0.0686. The van der Waals surface area contributed by atoms with Crippen LogP contribution in [0.15, 0.2) is 12.1 Å². The molecule has 1 aromatic rings. The fourth-order valence-electron chi connectivity index (χ4n) is 3.11. The Kier molecular flexibility index (Phi) is 3.34. The van der Waals surface area contributed by atoms with Crippen molar-refractivity contribution in [2.75, 3.05) is 7.05 Å². The number of nitrogens with zero attached hydrogens (tertiary/aromatic N) is 1. The van der Waals surface area contributed by atoms with Crippen LogP contribution >= 0.6 is 22.9 Å².